The molecule has 0 aromatic heterocycles. The predicted molar refractivity (Wildman–Crippen MR) is 90.4 cm³/mol. The van der Waals surface area contributed by atoms with Crippen LogP contribution < -0.4 is 10.1 Å². The molecule has 130 valence electrons. The number of amides is 1. The molecule has 0 saturated heterocycles. The van der Waals surface area contributed by atoms with Crippen molar-refractivity contribution in [2.24, 2.45) is 0 Å². The van der Waals surface area contributed by atoms with Crippen molar-refractivity contribution >= 4 is 27.5 Å². The largest absolute Gasteiger partial charge is 0.495 e. The Balaban J connectivity index is 2.72. The van der Waals surface area contributed by atoms with Crippen LogP contribution in [0.1, 0.15) is 26.2 Å². The summed E-state index contributed by atoms with van der Waals surface area (Å²) in [5.41, 5.74) is 0. The molecule has 0 aliphatic heterocycles. The molecule has 0 aliphatic carbocycles. The second-order valence-corrected chi connectivity index (χ2v) is 7.57. The summed E-state index contributed by atoms with van der Waals surface area (Å²) < 4.78 is 30.9. The molecule has 23 heavy (non-hydrogen) atoms. The summed E-state index contributed by atoms with van der Waals surface area (Å²) in [6.45, 7) is 2.38. The minimum Gasteiger partial charge on any atom is -0.495 e. The second-order valence-electron chi connectivity index (χ2n) is 5.11. The lowest BCUT2D eigenvalue weighted by molar-refractivity contribution is -0.121. The number of nitrogens with one attached hydrogen (secondary N) is 1. The van der Waals surface area contributed by atoms with Crippen molar-refractivity contribution in [2.75, 3.05) is 27.2 Å². The van der Waals surface area contributed by atoms with Crippen LogP contribution in [0.15, 0.2) is 23.1 Å². The van der Waals surface area contributed by atoms with E-state index < -0.39 is 10.0 Å². The number of hydrogen-bond acceptors (Lipinski definition) is 4. The Morgan fingerprint density at radius 3 is 2.61 bits per heavy atom. The smallest absolute Gasteiger partial charge is 0.243 e. The number of methoxy groups -OCH3 is 1. The van der Waals surface area contributed by atoms with Crippen molar-refractivity contribution in [3.05, 3.63) is 23.2 Å². The fourth-order valence-electron chi connectivity index (χ4n) is 1.93. The summed E-state index contributed by atoms with van der Waals surface area (Å²) in [5.74, 6) is 0.0636. The first-order valence-corrected chi connectivity index (χ1v) is 9.21. The van der Waals surface area contributed by atoms with Crippen LogP contribution in [0.25, 0.3) is 0 Å². The van der Waals surface area contributed by atoms with Gasteiger partial charge in [-0.05, 0) is 24.6 Å². The minimum atomic E-state index is -3.78. The number of rotatable bonds is 9. The molecule has 0 bridgehead atoms. The van der Waals surface area contributed by atoms with E-state index >= 15 is 0 Å². The Morgan fingerprint density at radius 1 is 1.35 bits per heavy atom. The standard InChI is InChI=1S/C15H23ClN2O4S/c1-4-5-6-9-17-15(19)11-18(2)23(20,21)12-7-8-14(22-3)13(16)10-12/h7-8,10H,4-6,9,11H2,1-3H3,(H,17,19). The molecular weight excluding hydrogens is 340 g/mol. The molecule has 0 atom stereocenters. The molecule has 0 fully saturated rings. The molecule has 0 spiro atoms. The predicted octanol–water partition coefficient (Wildman–Crippen LogP) is 2.28. The molecule has 0 saturated carbocycles. The fraction of sp³-hybridized carbons (Fsp3) is 0.533. The average Bonchev–Trinajstić information content (AvgIpc) is 2.51. The van der Waals surface area contributed by atoms with E-state index in [4.69, 9.17) is 16.3 Å². The second kappa shape index (κ2) is 9.10. The Hall–Kier alpha value is -1.31. The summed E-state index contributed by atoms with van der Waals surface area (Å²) in [6.07, 6.45) is 2.97. The third kappa shape index (κ3) is 5.67. The zero-order chi connectivity index (χ0) is 17.5. The molecule has 0 aliphatic rings. The molecule has 1 amide bonds. The first kappa shape index (κ1) is 19.7. The van der Waals surface area contributed by atoms with Crippen LogP contribution in [0.2, 0.25) is 5.02 Å². The first-order chi connectivity index (χ1) is 10.8. The van der Waals surface area contributed by atoms with E-state index in [9.17, 15) is 13.2 Å². The zero-order valence-electron chi connectivity index (χ0n) is 13.6. The lowest BCUT2D eigenvalue weighted by atomic mass is 10.2. The van der Waals surface area contributed by atoms with Gasteiger partial charge in [0.25, 0.3) is 0 Å². The number of hydrogen-bond donors (Lipinski definition) is 1. The molecule has 1 N–H and O–H groups in total. The summed E-state index contributed by atoms with van der Waals surface area (Å²) in [4.78, 5) is 11.8. The van der Waals surface area contributed by atoms with Crippen LogP contribution in [0.4, 0.5) is 0 Å². The topological polar surface area (TPSA) is 75.7 Å². The van der Waals surface area contributed by atoms with Gasteiger partial charge in [0.05, 0.1) is 23.6 Å². The van der Waals surface area contributed by atoms with Gasteiger partial charge in [-0.2, -0.15) is 4.31 Å². The molecule has 0 heterocycles. The van der Waals surface area contributed by atoms with Gasteiger partial charge in [0, 0.05) is 13.6 Å². The normalized spacial score (nSPS) is 11.5. The van der Waals surface area contributed by atoms with Crippen LogP contribution in [0.5, 0.6) is 5.75 Å². The van der Waals surface area contributed by atoms with E-state index in [1.54, 1.807) is 0 Å². The van der Waals surface area contributed by atoms with Gasteiger partial charge in [-0.15, -0.1) is 0 Å². The van der Waals surface area contributed by atoms with E-state index in [0.717, 1.165) is 23.6 Å². The summed E-state index contributed by atoms with van der Waals surface area (Å²) in [7, 11) is -0.975. The summed E-state index contributed by atoms with van der Waals surface area (Å²) >= 11 is 5.96. The summed E-state index contributed by atoms with van der Waals surface area (Å²) in [5, 5.41) is 2.91. The Bertz CT molecular complexity index is 634. The van der Waals surface area contributed by atoms with E-state index in [1.165, 1.54) is 32.4 Å². The maximum absolute atomic E-state index is 12.4. The fourth-order valence-corrected chi connectivity index (χ4v) is 3.41. The first-order valence-electron chi connectivity index (χ1n) is 7.39. The van der Waals surface area contributed by atoms with Gasteiger partial charge in [-0.3, -0.25) is 4.79 Å². The van der Waals surface area contributed by atoms with Crippen molar-refractivity contribution in [2.45, 2.75) is 31.1 Å². The van der Waals surface area contributed by atoms with Crippen LogP contribution in [-0.4, -0.2) is 45.9 Å². The van der Waals surface area contributed by atoms with Crippen molar-refractivity contribution in [1.82, 2.24) is 9.62 Å². The van der Waals surface area contributed by atoms with Gasteiger partial charge < -0.3 is 10.1 Å². The highest BCUT2D eigenvalue weighted by molar-refractivity contribution is 7.89. The number of carbonyl (C=O) groups excluding carboxylic acids is 1. The van der Waals surface area contributed by atoms with Crippen LogP contribution >= 0.6 is 11.6 Å². The monoisotopic (exact) mass is 362 g/mol. The van der Waals surface area contributed by atoms with E-state index in [2.05, 4.69) is 12.2 Å². The van der Waals surface area contributed by atoms with Crippen molar-refractivity contribution in [1.29, 1.82) is 0 Å². The number of nitrogens with zero attached hydrogens (tertiary/aromatic N) is 1. The van der Waals surface area contributed by atoms with Crippen molar-refractivity contribution in [3.8, 4) is 5.75 Å². The van der Waals surface area contributed by atoms with Gasteiger partial charge in [-0.1, -0.05) is 31.4 Å². The average molecular weight is 363 g/mol. The molecule has 0 unspecified atom stereocenters. The maximum Gasteiger partial charge on any atom is 0.243 e. The molecular formula is C15H23ClN2O4S. The molecule has 8 heteroatoms. The van der Waals surface area contributed by atoms with Gasteiger partial charge in [0.2, 0.25) is 15.9 Å². The Kier molecular flexibility index (Phi) is 7.81. The molecule has 1 rings (SSSR count). The zero-order valence-corrected chi connectivity index (χ0v) is 15.2. The lowest BCUT2D eigenvalue weighted by Crippen LogP contribution is -2.38. The van der Waals surface area contributed by atoms with Crippen molar-refractivity contribution < 1.29 is 17.9 Å². The number of carbonyl (C=O) groups is 1. The van der Waals surface area contributed by atoms with E-state index in [1.807, 2.05) is 0 Å². The highest BCUT2D eigenvalue weighted by atomic mass is 35.5. The van der Waals surface area contributed by atoms with Crippen LogP contribution in [0, 0.1) is 0 Å². The third-order valence-electron chi connectivity index (χ3n) is 3.30. The number of likely N-dealkylation sites (N-methyl/N-ethyl adjacent to an activating group) is 1. The van der Waals surface area contributed by atoms with Gasteiger partial charge in [0.15, 0.2) is 0 Å². The number of ether oxygens (including phenoxy) is 1. The number of unbranched alkanes of at least 4 members (excludes halogenated alkanes) is 2. The maximum atomic E-state index is 12.4. The van der Waals surface area contributed by atoms with Crippen molar-refractivity contribution in [3.63, 3.8) is 0 Å². The van der Waals surface area contributed by atoms with Gasteiger partial charge in [-0.25, -0.2) is 8.42 Å². The number of sulfonamides is 1. The highest BCUT2D eigenvalue weighted by Gasteiger charge is 2.23. The molecule has 1 aromatic carbocycles. The highest BCUT2D eigenvalue weighted by Crippen LogP contribution is 2.27. The van der Waals surface area contributed by atoms with E-state index in [0.29, 0.717) is 12.3 Å². The third-order valence-corrected chi connectivity index (χ3v) is 5.39. The molecule has 0 radical (unpaired) electrons. The number of benzene rings is 1. The SMILES string of the molecule is CCCCCNC(=O)CN(C)S(=O)(=O)c1ccc(OC)c(Cl)c1. The minimum absolute atomic E-state index is 0.0181. The van der Waals surface area contributed by atoms with E-state index in [-0.39, 0.29) is 22.4 Å². The molecule has 6 nitrogen and oxygen atoms in total. The quantitative estimate of drug-likeness (QED) is 0.684. The Labute approximate surface area is 142 Å². The number of halogens is 1. The van der Waals surface area contributed by atoms with Gasteiger partial charge >= 0.3 is 0 Å². The lowest BCUT2D eigenvalue weighted by Gasteiger charge is -2.17. The van der Waals surface area contributed by atoms with Gasteiger partial charge in [0.1, 0.15) is 5.75 Å². The Morgan fingerprint density at radius 2 is 2.04 bits per heavy atom. The molecule has 1 aromatic rings. The van der Waals surface area contributed by atoms with Crippen LogP contribution in [-0.2, 0) is 14.8 Å². The summed E-state index contributed by atoms with van der Waals surface area (Å²) in [6, 6.07) is 4.19. The van der Waals surface area contributed by atoms with Crippen LogP contribution in [0.3, 0.4) is 0 Å².